The molecule has 0 aromatic heterocycles. The van der Waals surface area contributed by atoms with E-state index in [0.717, 1.165) is 10.0 Å². The van der Waals surface area contributed by atoms with Crippen LogP contribution in [0.25, 0.3) is 0 Å². The minimum atomic E-state index is -0.997. The summed E-state index contributed by atoms with van der Waals surface area (Å²) in [6.45, 7) is 1.95. The van der Waals surface area contributed by atoms with Crippen LogP contribution >= 0.6 is 15.9 Å². The number of halogens is 2. The standard InChI is InChI=1S/C15H14BrFO2/c1-9-3-4-10(7-13(9)16)15(18)12-6-5-11(19-2)8-14(12)17/h3-8,15,18H,1-2H3. The second-order valence-electron chi connectivity index (χ2n) is 4.30. The van der Waals surface area contributed by atoms with Crippen molar-refractivity contribution >= 4 is 15.9 Å². The van der Waals surface area contributed by atoms with Crippen LogP contribution in [0.4, 0.5) is 4.39 Å². The molecule has 0 aliphatic rings. The van der Waals surface area contributed by atoms with Crippen molar-refractivity contribution in [3.8, 4) is 5.75 Å². The van der Waals surface area contributed by atoms with Gasteiger partial charge in [0.05, 0.1) is 7.11 Å². The molecule has 2 rings (SSSR count). The van der Waals surface area contributed by atoms with Crippen LogP contribution in [0.1, 0.15) is 22.8 Å². The third-order valence-corrected chi connectivity index (χ3v) is 3.87. The molecule has 2 aromatic carbocycles. The van der Waals surface area contributed by atoms with Crippen LogP contribution < -0.4 is 4.74 Å². The van der Waals surface area contributed by atoms with Crippen molar-refractivity contribution in [3.63, 3.8) is 0 Å². The quantitative estimate of drug-likeness (QED) is 0.925. The third-order valence-electron chi connectivity index (χ3n) is 3.01. The monoisotopic (exact) mass is 324 g/mol. The summed E-state index contributed by atoms with van der Waals surface area (Å²) < 4.78 is 19.7. The molecule has 19 heavy (non-hydrogen) atoms. The van der Waals surface area contributed by atoms with Gasteiger partial charge in [-0.15, -0.1) is 0 Å². The minimum absolute atomic E-state index is 0.233. The molecular formula is C15H14BrFO2. The number of hydrogen-bond acceptors (Lipinski definition) is 2. The molecule has 0 heterocycles. The second kappa shape index (κ2) is 5.72. The van der Waals surface area contributed by atoms with Crippen LogP contribution in [0.15, 0.2) is 40.9 Å². The fourth-order valence-electron chi connectivity index (χ4n) is 1.82. The zero-order chi connectivity index (χ0) is 14.0. The first-order chi connectivity index (χ1) is 9.02. The van der Waals surface area contributed by atoms with E-state index in [2.05, 4.69) is 15.9 Å². The molecule has 2 aromatic rings. The van der Waals surface area contributed by atoms with Crippen LogP contribution in [0.2, 0.25) is 0 Å². The van der Waals surface area contributed by atoms with E-state index in [1.54, 1.807) is 18.2 Å². The zero-order valence-corrected chi connectivity index (χ0v) is 12.2. The number of methoxy groups -OCH3 is 1. The summed E-state index contributed by atoms with van der Waals surface area (Å²) in [6.07, 6.45) is -0.997. The lowest BCUT2D eigenvalue weighted by Gasteiger charge is -2.14. The van der Waals surface area contributed by atoms with Crippen molar-refractivity contribution in [1.29, 1.82) is 0 Å². The first kappa shape index (κ1) is 14.0. The van der Waals surface area contributed by atoms with Crippen molar-refractivity contribution in [2.24, 2.45) is 0 Å². The van der Waals surface area contributed by atoms with E-state index in [9.17, 15) is 9.50 Å². The minimum Gasteiger partial charge on any atom is -0.497 e. The summed E-state index contributed by atoms with van der Waals surface area (Å²) in [6, 6.07) is 9.89. The van der Waals surface area contributed by atoms with Gasteiger partial charge in [-0.05, 0) is 36.2 Å². The largest absolute Gasteiger partial charge is 0.497 e. The normalized spacial score (nSPS) is 12.3. The van der Waals surface area contributed by atoms with Gasteiger partial charge in [0, 0.05) is 16.1 Å². The lowest BCUT2D eigenvalue weighted by molar-refractivity contribution is 0.214. The van der Waals surface area contributed by atoms with E-state index in [1.807, 2.05) is 13.0 Å². The molecule has 0 saturated carbocycles. The molecule has 1 N–H and O–H groups in total. The SMILES string of the molecule is COc1ccc(C(O)c2ccc(C)c(Br)c2)c(F)c1. The van der Waals surface area contributed by atoms with Crippen LogP contribution in [-0.4, -0.2) is 12.2 Å². The Balaban J connectivity index is 2.38. The number of ether oxygens (including phenoxy) is 1. The van der Waals surface area contributed by atoms with Crippen LogP contribution in [0, 0.1) is 12.7 Å². The van der Waals surface area contributed by atoms with Gasteiger partial charge in [-0.3, -0.25) is 0 Å². The van der Waals surface area contributed by atoms with Crippen molar-refractivity contribution in [1.82, 2.24) is 0 Å². The number of rotatable bonds is 3. The lowest BCUT2D eigenvalue weighted by Crippen LogP contribution is -2.03. The van der Waals surface area contributed by atoms with Gasteiger partial charge in [-0.1, -0.05) is 28.1 Å². The molecule has 4 heteroatoms. The summed E-state index contributed by atoms with van der Waals surface area (Å²) in [5, 5.41) is 10.2. The maximum absolute atomic E-state index is 13.9. The smallest absolute Gasteiger partial charge is 0.133 e. The Morgan fingerprint density at radius 1 is 1.21 bits per heavy atom. The van der Waals surface area contributed by atoms with Gasteiger partial charge in [0.1, 0.15) is 17.7 Å². The van der Waals surface area contributed by atoms with Crippen LogP contribution in [-0.2, 0) is 0 Å². The third kappa shape index (κ3) is 2.96. The average molecular weight is 325 g/mol. The summed E-state index contributed by atoms with van der Waals surface area (Å²) in [4.78, 5) is 0. The van der Waals surface area contributed by atoms with Gasteiger partial charge in [-0.2, -0.15) is 0 Å². The molecule has 0 bridgehead atoms. The molecule has 0 aliphatic heterocycles. The molecule has 100 valence electrons. The molecule has 0 fully saturated rings. The van der Waals surface area contributed by atoms with Crippen LogP contribution in [0.3, 0.4) is 0 Å². The summed E-state index contributed by atoms with van der Waals surface area (Å²) in [7, 11) is 1.47. The van der Waals surface area contributed by atoms with Gasteiger partial charge in [-0.25, -0.2) is 4.39 Å². The van der Waals surface area contributed by atoms with E-state index in [4.69, 9.17) is 4.74 Å². The number of aliphatic hydroxyl groups is 1. The molecule has 0 spiro atoms. The zero-order valence-electron chi connectivity index (χ0n) is 10.7. The highest BCUT2D eigenvalue weighted by atomic mass is 79.9. The maximum atomic E-state index is 13.9. The van der Waals surface area contributed by atoms with E-state index >= 15 is 0 Å². The summed E-state index contributed by atoms with van der Waals surface area (Å²) in [5.41, 5.74) is 1.93. The predicted molar refractivity (Wildman–Crippen MR) is 75.9 cm³/mol. The highest BCUT2D eigenvalue weighted by molar-refractivity contribution is 9.10. The second-order valence-corrected chi connectivity index (χ2v) is 5.15. The molecule has 2 nitrogen and oxygen atoms in total. The topological polar surface area (TPSA) is 29.5 Å². The van der Waals surface area contributed by atoms with Gasteiger partial charge in [0.25, 0.3) is 0 Å². The number of aryl methyl sites for hydroxylation is 1. The van der Waals surface area contributed by atoms with Crippen molar-refractivity contribution in [2.75, 3.05) is 7.11 Å². The molecular weight excluding hydrogens is 311 g/mol. The van der Waals surface area contributed by atoms with Gasteiger partial charge in [0.2, 0.25) is 0 Å². The fourth-order valence-corrected chi connectivity index (χ4v) is 2.21. The van der Waals surface area contributed by atoms with Crippen LogP contribution in [0.5, 0.6) is 5.75 Å². The Bertz CT molecular complexity index is 599. The molecule has 1 unspecified atom stereocenters. The van der Waals surface area contributed by atoms with Crippen molar-refractivity contribution < 1.29 is 14.2 Å². The van der Waals surface area contributed by atoms with Crippen molar-refractivity contribution in [2.45, 2.75) is 13.0 Å². The van der Waals surface area contributed by atoms with E-state index in [0.29, 0.717) is 11.3 Å². The Morgan fingerprint density at radius 3 is 2.53 bits per heavy atom. The van der Waals surface area contributed by atoms with E-state index in [-0.39, 0.29) is 5.56 Å². The van der Waals surface area contributed by atoms with Crippen molar-refractivity contribution in [3.05, 3.63) is 63.4 Å². The average Bonchev–Trinajstić information content (AvgIpc) is 2.41. The first-order valence-corrected chi connectivity index (χ1v) is 6.59. The highest BCUT2D eigenvalue weighted by Crippen LogP contribution is 2.29. The summed E-state index contributed by atoms with van der Waals surface area (Å²) in [5.74, 6) is -0.0536. The number of benzene rings is 2. The molecule has 0 saturated heterocycles. The van der Waals surface area contributed by atoms with Gasteiger partial charge < -0.3 is 9.84 Å². The Kier molecular flexibility index (Phi) is 4.22. The highest BCUT2D eigenvalue weighted by Gasteiger charge is 2.16. The Labute approximate surface area is 120 Å². The van der Waals surface area contributed by atoms with E-state index in [1.165, 1.54) is 19.2 Å². The van der Waals surface area contributed by atoms with Gasteiger partial charge in [0.15, 0.2) is 0 Å². The first-order valence-electron chi connectivity index (χ1n) is 5.80. The van der Waals surface area contributed by atoms with Gasteiger partial charge >= 0.3 is 0 Å². The Morgan fingerprint density at radius 2 is 1.95 bits per heavy atom. The lowest BCUT2D eigenvalue weighted by atomic mass is 10.00. The summed E-state index contributed by atoms with van der Waals surface area (Å²) >= 11 is 3.40. The predicted octanol–water partition coefficient (Wildman–Crippen LogP) is 3.99. The number of hydrogen-bond donors (Lipinski definition) is 1. The molecule has 0 aliphatic carbocycles. The molecule has 0 radical (unpaired) electrons. The van der Waals surface area contributed by atoms with E-state index < -0.39 is 11.9 Å². The fraction of sp³-hybridized carbons (Fsp3) is 0.200. The maximum Gasteiger partial charge on any atom is 0.133 e. The number of aliphatic hydroxyl groups excluding tert-OH is 1. The molecule has 1 atom stereocenters. The Hall–Kier alpha value is -1.39. The molecule has 0 amide bonds.